The molecule has 2 amide bonds. The lowest BCUT2D eigenvalue weighted by atomic mass is 10.1. The maximum atomic E-state index is 11.8. The van der Waals surface area contributed by atoms with Gasteiger partial charge in [0.1, 0.15) is 6.26 Å². The fourth-order valence-corrected chi connectivity index (χ4v) is 1.95. The molecule has 0 spiro atoms. The monoisotopic (exact) mass is 288 g/mol. The van der Waals surface area contributed by atoms with Crippen LogP contribution in [0, 0.1) is 6.92 Å². The molecule has 0 aliphatic rings. The van der Waals surface area contributed by atoms with Crippen molar-refractivity contribution in [1.82, 2.24) is 10.3 Å². The Hall–Kier alpha value is -2.34. The third-order valence-corrected chi connectivity index (χ3v) is 3.02. The summed E-state index contributed by atoms with van der Waals surface area (Å²) >= 11 is 0. The number of carbonyl (C=O) groups is 1. The molecule has 3 N–H and O–H groups in total. The Morgan fingerprint density at radius 3 is 2.57 bits per heavy atom. The molecule has 1 unspecified atom stereocenters. The van der Waals surface area contributed by atoms with Gasteiger partial charge in [-0.1, -0.05) is 19.1 Å². The van der Waals surface area contributed by atoms with Gasteiger partial charge in [-0.3, -0.25) is 5.32 Å². The van der Waals surface area contributed by atoms with Crippen molar-refractivity contribution in [1.29, 1.82) is 0 Å². The lowest BCUT2D eigenvalue weighted by molar-refractivity contribution is 0.261. The van der Waals surface area contributed by atoms with Gasteiger partial charge in [-0.05, 0) is 38.1 Å². The molecule has 1 heterocycles. The number of aromatic nitrogens is 1. The highest BCUT2D eigenvalue weighted by molar-refractivity contribution is 5.98. The van der Waals surface area contributed by atoms with Crippen LogP contribution in [-0.4, -0.2) is 17.6 Å². The van der Waals surface area contributed by atoms with Crippen LogP contribution in [0.3, 0.4) is 0 Å². The molecule has 1 atom stereocenters. The van der Waals surface area contributed by atoms with Crippen LogP contribution in [0.1, 0.15) is 31.1 Å². The van der Waals surface area contributed by atoms with Gasteiger partial charge in [-0.2, -0.15) is 4.98 Å². The van der Waals surface area contributed by atoms with Crippen LogP contribution in [0.2, 0.25) is 0 Å². The summed E-state index contributed by atoms with van der Waals surface area (Å²) in [5, 5.41) is 8.59. The summed E-state index contributed by atoms with van der Waals surface area (Å²) in [5.41, 5.74) is 2.60. The number of urea groups is 1. The number of oxazole rings is 1. The molecule has 0 aliphatic carbocycles. The normalized spacial score (nSPS) is 12.0. The van der Waals surface area contributed by atoms with Crippen LogP contribution in [0.25, 0.3) is 0 Å². The van der Waals surface area contributed by atoms with E-state index < -0.39 is 0 Å². The van der Waals surface area contributed by atoms with Crippen LogP contribution in [0.5, 0.6) is 0 Å². The van der Waals surface area contributed by atoms with Crippen molar-refractivity contribution in [2.45, 2.75) is 26.8 Å². The van der Waals surface area contributed by atoms with Crippen molar-refractivity contribution in [2.24, 2.45) is 0 Å². The average molecular weight is 288 g/mol. The van der Waals surface area contributed by atoms with E-state index in [-0.39, 0.29) is 18.1 Å². The van der Waals surface area contributed by atoms with Crippen molar-refractivity contribution in [3.8, 4) is 0 Å². The topological polar surface area (TPSA) is 79.2 Å². The molecular formula is C15H20N4O2. The molecule has 0 fully saturated rings. The Bertz CT molecular complexity index is 592. The third-order valence-electron chi connectivity index (χ3n) is 3.02. The van der Waals surface area contributed by atoms with E-state index in [9.17, 15) is 4.79 Å². The maximum Gasteiger partial charge on any atom is 0.327 e. The van der Waals surface area contributed by atoms with Crippen molar-refractivity contribution in [2.75, 3.05) is 17.2 Å². The van der Waals surface area contributed by atoms with Crippen molar-refractivity contribution >= 4 is 17.7 Å². The molecular weight excluding hydrogens is 268 g/mol. The molecule has 112 valence electrons. The standard InChI is InChI=1S/C15H20N4O2/c1-4-16-11(3)12-5-7-13(8-6-12)18-14(20)19-15-17-10(2)9-21-15/h5-9,11,16H,4H2,1-3H3,(H2,17,18,19,20). The Balaban J connectivity index is 1.92. The predicted octanol–water partition coefficient (Wildman–Crippen LogP) is 3.30. The number of hydrogen-bond donors (Lipinski definition) is 3. The molecule has 6 heteroatoms. The highest BCUT2D eigenvalue weighted by Crippen LogP contribution is 2.16. The van der Waals surface area contributed by atoms with Gasteiger partial charge < -0.3 is 15.1 Å². The first-order chi connectivity index (χ1) is 10.1. The quantitative estimate of drug-likeness (QED) is 0.788. The van der Waals surface area contributed by atoms with Gasteiger partial charge in [0.2, 0.25) is 0 Å². The number of hydrogen-bond acceptors (Lipinski definition) is 4. The highest BCUT2D eigenvalue weighted by atomic mass is 16.4. The lowest BCUT2D eigenvalue weighted by Gasteiger charge is -2.13. The van der Waals surface area contributed by atoms with E-state index in [2.05, 4.69) is 34.8 Å². The molecule has 0 radical (unpaired) electrons. The second-order valence-electron chi connectivity index (χ2n) is 4.77. The van der Waals surface area contributed by atoms with E-state index in [0.29, 0.717) is 11.4 Å². The summed E-state index contributed by atoms with van der Waals surface area (Å²) in [6.07, 6.45) is 1.48. The largest absolute Gasteiger partial charge is 0.432 e. The minimum Gasteiger partial charge on any atom is -0.432 e. The van der Waals surface area contributed by atoms with E-state index in [1.54, 1.807) is 6.92 Å². The van der Waals surface area contributed by atoms with Gasteiger partial charge in [0.25, 0.3) is 0 Å². The number of nitrogens with zero attached hydrogens (tertiary/aromatic N) is 1. The molecule has 1 aromatic heterocycles. The average Bonchev–Trinajstić information content (AvgIpc) is 2.85. The number of aryl methyl sites for hydroxylation is 1. The summed E-state index contributed by atoms with van der Waals surface area (Å²) in [5.74, 6) is 0. The summed E-state index contributed by atoms with van der Waals surface area (Å²) in [6, 6.07) is 7.78. The zero-order valence-corrected chi connectivity index (χ0v) is 12.4. The molecule has 0 saturated heterocycles. The molecule has 1 aromatic carbocycles. The van der Waals surface area contributed by atoms with Crippen LogP contribution in [0.15, 0.2) is 34.9 Å². The van der Waals surface area contributed by atoms with Gasteiger partial charge in [-0.25, -0.2) is 4.79 Å². The van der Waals surface area contributed by atoms with E-state index in [1.807, 2.05) is 24.3 Å². The highest BCUT2D eigenvalue weighted by Gasteiger charge is 2.08. The van der Waals surface area contributed by atoms with Gasteiger partial charge in [-0.15, -0.1) is 0 Å². The molecule has 0 saturated carbocycles. The predicted molar refractivity (Wildman–Crippen MR) is 82.4 cm³/mol. The minimum atomic E-state index is -0.385. The Labute approximate surface area is 124 Å². The van der Waals surface area contributed by atoms with Crippen LogP contribution >= 0.6 is 0 Å². The van der Waals surface area contributed by atoms with Crippen molar-refractivity contribution in [3.05, 3.63) is 41.8 Å². The van der Waals surface area contributed by atoms with E-state index >= 15 is 0 Å². The second-order valence-corrected chi connectivity index (χ2v) is 4.77. The molecule has 21 heavy (non-hydrogen) atoms. The Morgan fingerprint density at radius 2 is 2.00 bits per heavy atom. The van der Waals surface area contributed by atoms with Gasteiger partial charge in [0.05, 0.1) is 5.69 Å². The molecule has 0 aliphatic heterocycles. The summed E-state index contributed by atoms with van der Waals surface area (Å²) in [6.45, 7) is 6.88. The fourth-order valence-electron chi connectivity index (χ4n) is 1.95. The molecule has 0 bridgehead atoms. The smallest absolute Gasteiger partial charge is 0.327 e. The minimum absolute atomic E-state index is 0.183. The van der Waals surface area contributed by atoms with E-state index in [1.165, 1.54) is 11.8 Å². The molecule has 6 nitrogen and oxygen atoms in total. The van der Waals surface area contributed by atoms with Crippen molar-refractivity contribution in [3.63, 3.8) is 0 Å². The second kappa shape index (κ2) is 6.90. The first kappa shape index (κ1) is 15.1. The third kappa shape index (κ3) is 4.32. The number of carbonyl (C=O) groups excluding carboxylic acids is 1. The van der Waals surface area contributed by atoms with E-state index in [0.717, 1.165) is 6.54 Å². The zero-order chi connectivity index (χ0) is 15.2. The fraction of sp³-hybridized carbons (Fsp3) is 0.333. The Kier molecular flexibility index (Phi) is 4.94. The van der Waals surface area contributed by atoms with Crippen molar-refractivity contribution < 1.29 is 9.21 Å². The maximum absolute atomic E-state index is 11.8. The summed E-state index contributed by atoms with van der Waals surface area (Å²) < 4.78 is 5.06. The number of anilines is 2. The number of benzene rings is 1. The number of nitrogens with one attached hydrogen (secondary N) is 3. The molecule has 2 aromatic rings. The summed E-state index contributed by atoms with van der Waals surface area (Å²) in [4.78, 5) is 15.8. The van der Waals surface area contributed by atoms with Gasteiger partial charge in [0, 0.05) is 11.7 Å². The van der Waals surface area contributed by atoms with Crippen LogP contribution < -0.4 is 16.0 Å². The number of rotatable bonds is 5. The number of amides is 2. The van der Waals surface area contributed by atoms with Gasteiger partial charge >= 0.3 is 12.0 Å². The zero-order valence-electron chi connectivity index (χ0n) is 12.4. The van der Waals surface area contributed by atoms with E-state index in [4.69, 9.17) is 4.42 Å². The molecule has 2 rings (SSSR count). The first-order valence-corrected chi connectivity index (χ1v) is 6.92. The SMILES string of the molecule is CCNC(C)c1ccc(NC(=O)Nc2nc(C)co2)cc1. The van der Waals surface area contributed by atoms with Crippen LogP contribution in [0.4, 0.5) is 16.5 Å². The lowest BCUT2D eigenvalue weighted by Crippen LogP contribution is -2.20. The Morgan fingerprint density at radius 1 is 1.29 bits per heavy atom. The van der Waals surface area contributed by atoms with Crippen LogP contribution in [-0.2, 0) is 0 Å². The summed E-state index contributed by atoms with van der Waals surface area (Å²) in [7, 11) is 0. The van der Waals surface area contributed by atoms with Gasteiger partial charge in [0.15, 0.2) is 0 Å². The first-order valence-electron chi connectivity index (χ1n) is 6.92.